The summed E-state index contributed by atoms with van der Waals surface area (Å²) < 4.78 is 5.57. The summed E-state index contributed by atoms with van der Waals surface area (Å²) in [6.45, 7) is 4.03. The summed E-state index contributed by atoms with van der Waals surface area (Å²) in [5.74, 6) is -0.975. The van der Waals surface area contributed by atoms with E-state index in [0.29, 0.717) is 46.3 Å². The largest absolute Gasteiger partial charge is 0.422 e. The molecule has 3 aromatic rings. The Labute approximate surface area is 177 Å². The average molecular weight is 416 g/mol. The number of para-hydroxylation sites is 2. The van der Waals surface area contributed by atoms with Crippen molar-refractivity contribution in [3.05, 3.63) is 91.5 Å². The van der Waals surface area contributed by atoms with Crippen LogP contribution in [0.3, 0.4) is 0 Å². The summed E-state index contributed by atoms with van der Waals surface area (Å²) in [6, 6.07) is 13.4. The van der Waals surface area contributed by atoms with Gasteiger partial charge in [0.2, 0.25) is 0 Å². The fourth-order valence-corrected chi connectivity index (χ4v) is 4.85. The third-order valence-corrected chi connectivity index (χ3v) is 6.07. The van der Waals surface area contributed by atoms with E-state index in [9.17, 15) is 19.7 Å². The molecule has 0 saturated heterocycles. The SMILES string of the molecule is CC1(C)CC(=O)C2=C(C1)Nc1c(c(=O)oc3ccccc13)C2c1ccccc1[N+](=O)[O-]. The van der Waals surface area contributed by atoms with Crippen LogP contribution in [-0.4, -0.2) is 10.7 Å². The number of rotatable bonds is 2. The fourth-order valence-electron chi connectivity index (χ4n) is 4.85. The molecule has 7 heteroatoms. The van der Waals surface area contributed by atoms with Gasteiger partial charge in [0.1, 0.15) is 5.58 Å². The molecule has 1 aliphatic heterocycles. The molecule has 1 N–H and O–H groups in total. The van der Waals surface area contributed by atoms with E-state index >= 15 is 0 Å². The first-order chi connectivity index (χ1) is 14.8. The van der Waals surface area contributed by atoms with Crippen molar-refractivity contribution in [3.8, 4) is 0 Å². The molecule has 1 aromatic heterocycles. The highest BCUT2D eigenvalue weighted by atomic mass is 16.6. The Morgan fingerprint density at radius 3 is 2.55 bits per heavy atom. The molecule has 2 heterocycles. The normalized spacial score (nSPS) is 19.5. The zero-order valence-corrected chi connectivity index (χ0v) is 17.1. The van der Waals surface area contributed by atoms with Gasteiger partial charge in [0.05, 0.1) is 22.1 Å². The standard InChI is InChI=1S/C24H20N2O5/c1-24(2)11-15-20(17(27)12-24)19(13-7-3-5-9-16(13)26(29)30)21-22(25-15)14-8-4-6-10-18(14)31-23(21)28/h3-10,19,25H,11-12H2,1-2H3. The monoisotopic (exact) mass is 416 g/mol. The van der Waals surface area contributed by atoms with Crippen LogP contribution in [0.15, 0.2) is 69.0 Å². The van der Waals surface area contributed by atoms with E-state index < -0.39 is 16.5 Å². The molecule has 156 valence electrons. The van der Waals surface area contributed by atoms with Gasteiger partial charge >= 0.3 is 5.63 Å². The molecule has 0 bridgehead atoms. The van der Waals surface area contributed by atoms with Gasteiger partial charge in [-0.25, -0.2) is 4.79 Å². The maximum atomic E-state index is 13.3. The number of Topliss-reactive ketones (excluding diaryl/α,β-unsaturated/α-hetero) is 1. The highest BCUT2D eigenvalue weighted by molar-refractivity contribution is 6.04. The molecule has 0 saturated carbocycles. The van der Waals surface area contributed by atoms with Crippen molar-refractivity contribution < 1.29 is 14.1 Å². The number of hydrogen-bond donors (Lipinski definition) is 1. The van der Waals surface area contributed by atoms with Gasteiger partial charge < -0.3 is 9.73 Å². The van der Waals surface area contributed by atoms with Crippen molar-refractivity contribution in [2.75, 3.05) is 5.32 Å². The smallest absolute Gasteiger partial charge is 0.342 e. The Morgan fingerprint density at radius 1 is 1.06 bits per heavy atom. The molecule has 2 aromatic carbocycles. The van der Waals surface area contributed by atoms with Crippen LogP contribution in [0, 0.1) is 15.5 Å². The zero-order valence-electron chi connectivity index (χ0n) is 17.1. The minimum Gasteiger partial charge on any atom is -0.422 e. The maximum Gasteiger partial charge on any atom is 0.342 e. The van der Waals surface area contributed by atoms with Crippen LogP contribution in [0.1, 0.15) is 43.7 Å². The van der Waals surface area contributed by atoms with E-state index in [1.165, 1.54) is 6.07 Å². The van der Waals surface area contributed by atoms with E-state index in [1.54, 1.807) is 30.3 Å². The van der Waals surface area contributed by atoms with Gasteiger partial charge in [-0.15, -0.1) is 0 Å². The lowest BCUT2D eigenvalue weighted by molar-refractivity contribution is -0.385. The Balaban J connectivity index is 1.89. The van der Waals surface area contributed by atoms with Crippen LogP contribution in [0.4, 0.5) is 11.4 Å². The molecule has 31 heavy (non-hydrogen) atoms. The van der Waals surface area contributed by atoms with Crippen LogP contribution in [0.25, 0.3) is 11.0 Å². The summed E-state index contributed by atoms with van der Waals surface area (Å²) in [6.07, 6.45) is 0.901. The molecule has 1 aliphatic carbocycles. The van der Waals surface area contributed by atoms with E-state index in [1.807, 2.05) is 26.0 Å². The molecular formula is C24H20N2O5. The Bertz CT molecular complexity index is 1370. The molecular weight excluding hydrogens is 396 g/mol. The van der Waals surface area contributed by atoms with Crippen LogP contribution >= 0.6 is 0 Å². The number of nitrogens with one attached hydrogen (secondary N) is 1. The molecule has 0 amide bonds. The number of anilines is 1. The van der Waals surface area contributed by atoms with E-state index in [-0.39, 0.29) is 22.4 Å². The quantitative estimate of drug-likeness (QED) is 0.362. The molecule has 5 rings (SSSR count). The highest BCUT2D eigenvalue weighted by Gasteiger charge is 2.44. The van der Waals surface area contributed by atoms with Gasteiger partial charge in [-0.1, -0.05) is 44.2 Å². The van der Waals surface area contributed by atoms with Gasteiger partial charge in [0.25, 0.3) is 5.69 Å². The fraction of sp³-hybridized carbons (Fsp3) is 0.250. The zero-order chi connectivity index (χ0) is 21.9. The number of ketones is 1. The minimum atomic E-state index is -0.864. The molecule has 0 fully saturated rings. The number of hydrogen-bond acceptors (Lipinski definition) is 6. The minimum absolute atomic E-state index is 0.111. The number of carbonyl (C=O) groups excluding carboxylic acids is 1. The molecule has 0 spiro atoms. The van der Waals surface area contributed by atoms with E-state index in [4.69, 9.17) is 4.42 Å². The second-order valence-electron chi connectivity index (χ2n) is 8.88. The van der Waals surface area contributed by atoms with E-state index in [0.717, 1.165) is 0 Å². The maximum absolute atomic E-state index is 13.3. The number of allylic oxidation sites excluding steroid dienone is 2. The summed E-state index contributed by atoms with van der Waals surface area (Å²) in [5.41, 5.74) is 1.67. The third-order valence-electron chi connectivity index (χ3n) is 6.07. The van der Waals surface area contributed by atoms with Crippen LogP contribution in [0.5, 0.6) is 0 Å². The van der Waals surface area contributed by atoms with Crippen molar-refractivity contribution in [2.45, 2.75) is 32.6 Å². The number of nitrogens with zero attached hydrogens (tertiary/aromatic N) is 1. The number of nitro groups is 1. The van der Waals surface area contributed by atoms with Crippen molar-refractivity contribution in [3.63, 3.8) is 0 Å². The van der Waals surface area contributed by atoms with Crippen molar-refractivity contribution >= 4 is 28.1 Å². The molecule has 0 radical (unpaired) electrons. The first kappa shape index (κ1) is 19.2. The van der Waals surface area contributed by atoms with Crippen LogP contribution in [-0.2, 0) is 4.79 Å². The predicted octanol–water partition coefficient (Wildman–Crippen LogP) is 4.90. The highest BCUT2D eigenvalue weighted by Crippen LogP contribution is 2.50. The second kappa shape index (κ2) is 6.63. The van der Waals surface area contributed by atoms with Gasteiger partial charge in [0.15, 0.2) is 5.78 Å². The van der Waals surface area contributed by atoms with Crippen LogP contribution in [0.2, 0.25) is 0 Å². The Kier molecular flexibility index (Phi) is 4.12. The van der Waals surface area contributed by atoms with Gasteiger partial charge in [0, 0.05) is 34.7 Å². The Hall–Kier alpha value is -3.74. The van der Waals surface area contributed by atoms with Gasteiger partial charge in [-0.2, -0.15) is 0 Å². The summed E-state index contributed by atoms with van der Waals surface area (Å²) in [7, 11) is 0. The molecule has 1 atom stereocenters. The number of fused-ring (bicyclic) bond motifs is 3. The van der Waals surface area contributed by atoms with Crippen molar-refractivity contribution in [2.24, 2.45) is 5.41 Å². The lowest BCUT2D eigenvalue weighted by Crippen LogP contribution is -2.36. The lowest BCUT2D eigenvalue weighted by Gasteiger charge is -2.39. The number of carbonyl (C=O) groups is 1. The average Bonchev–Trinajstić information content (AvgIpc) is 2.71. The third kappa shape index (κ3) is 2.96. The summed E-state index contributed by atoms with van der Waals surface area (Å²) in [5, 5.41) is 15.8. The first-order valence-electron chi connectivity index (χ1n) is 10.1. The topological polar surface area (TPSA) is 102 Å². The lowest BCUT2D eigenvalue weighted by atomic mass is 9.68. The number of nitro benzene ring substituents is 1. The molecule has 2 aliphatic rings. The van der Waals surface area contributed by atoms with Gasteiger partial charge in [-0.05, 0) is 24.0 Å². The van der Waals surface area contributed by atoms with Gasteiger partial charge in [-0.3, -0.25) is 14.9 Å². The second-order valence-corrected chi connectivity index (χ2v) is 8.88. The summed E-state index contributed by atoms with van der Waals surface area (Å²) >= 11 is 0. The summed E-state index contributed by atoms with van der Waals surface area (Å²) in [4.78, 5) is 37.8. The van der Waals surface area contributed by atoms with E-state index in [2.05, 4.69) is 5.32 Å². The first-order valence-corrected chi connectivity index (χ1v) is 10.1. The van der Waals surface area contributed by atoms with Crippen molar-refractivity contribution in [1.82, 2.24) is 0 Å². The number of benzene rings is 2. The molecule has 1 unspecified atom stereocenters. The predicted molar refractivity (Wildman–Crippen MR) is 116 cm³/mol. The van der Waals surface area contributed by atoms with Crippen LogP contribution < -0.4 is 10.9 Å². The van der Waals surface area contributed by atoms with Crippen molar-refractivity contribution in [1.29, 1.82) is 0 Å². The Morgan fingerprint density at radius 2 is 1.77 bits per heavy atom. The molecule has 7 nitrogen and oxygen atoms in total.